The topological polar surface area (TPSA) is 78.5 Å². The molecule has 3 amide bonds. The highest BCUT2D eigenvalue weighted by Crippen LogP contribution is 2.19. The van der Waals surface area contributed by atoms with Gasteiger partial charge in [-0.25, -0.2) is 8.78 Å². The maximum absolute atomic E-state index is 13.6. The van der Waals surface area contributed by atoms with Crippen LogP contribution in [-0.2, 0) is 14.4 Å². The highest BCUT2D eigenvalue weighted by Gasteiger charge is 2.17. The van der Waals surface area contributed by atoms with Crippen LogP contribution in [0.1, 0.15) is 13.8 Å². The molecule has 0 aliphatic heterocycles. The summed E-state index contributed by atoms with van der Waals surface area (Å²) in [6, 6.07) is 9.08. The molecular formula is C18H17F2N3O3. The minimum Gasteiger partial charge on any atom is -0.326 e. The third kappa shape index (κ3) is 5.10. The van der Waals surface area contributed by atoms with Crippen molar-refractivity contribution < 1.29 is 23.2 Å². The van der Waals surface area contributed by atoms with Crippen LogP contribution < -0.4 is 15.5 Å². The minimum atomic E-state index is -0.910. The average molecular weight is 361 g/mol. The lowest BCUT2D eigenvalue weighted by Crippen LogP contribution is -2.36. The second-order valence-corrected chi connectivity index (χ2v) is 5.51. The molecule has 0 radical (unpaired) electrons. The number of amides is 3. The molecule has 0 fully saturated rings. The van der Waals surface area contributed by atoms with Crippen LogP contribution in [0.4, 0.5) is 25.8 Å². The molecule has 6 nitrogen and oxygen atoms in total. The summed E-state index contributed by atoms with van der Waals surface area (Å²) in [5.41, 5.74) is 0.796. The number of halogens is 2. The number of nitrogens with one attached hydrogen (secondary N) is 2. The number of nitrogens with zero attached hydrogens (tertiary/aromatic N) is 1. The summed E-state index contributed by atoms with van der Waals surface area (Å²) >= 11 is 0. The summed E-state index contributed by atoms with van der Waals surface area (Å²) in [6.07, 6.45) is 0. The molecule has 0 atom stereocenters. The zero-order valence-corrected chi connectivity index (χ0v) is 14.2. The van der Waals surface area contributed by atoms with E-state index in [1.54, 1.807) is 24.3 Å². The van der Waals surface area contributed by atoms with E-state index in [4.69, 9.17) is 0 Å². The fraction of sp³-hybridized carbons (Fsp3) is 0.167. The standard InChI is InChI=1S/C18H17F2N3O3/c1-11(24)21-14-4-6-15(7-5-14)23(12(2)25)10-18(26)22-17-8-3-13(19)9-16(17)20/h3-9H,10H2,1-2H3,(H,21,24)(H,22,26). The molecule has 2 aromatic carbocycles. The van der Waals surface area contributed by atoms with Crippen molar-refractivity contribution in [3.63, 3.8) is 0 Å². The molecule has 0 aliphatic rings. The van der Waals surface area contributed by atoms with Crippen LogP contribution in [0.3, 0.4) is 0 Å². The monoisotopic (exact) mass is 361 g/mol. The van der Waals surface area contributed by atoms with Crippen LogP contribution in [0.2, 0.25) is 0 Å². The van der Waals surface area contributed by atoms with E-state index in [0.29, 0.717) is 17.4 Å². The van der Waals surface area contributed by atoms with Gasteiger partial charge >= 0.3 is 0 Å². The molecule has 2 rings (SSSR count). The first-order chi connectivity index (χ1) is 12.3. The van der Waals surface area contributed by atoms with E-state index in [0.717, 1.165) is 12.1 Å². The molecule has 0 saturated carbocycles. The molecule has 26 heavy (non-hydrogen) atoms. The van der Waals surface area contributed by atoms with Crippen molar-refractivity contribution in [3.05, 3.63) is 54.1 Å². The molecule has 2 aromatic rings. The summed E-state index contributed by atoms with van der Waals surface area (Å²) in [4.78, 5) is 36.2. The summed E-state index contributed by atoms with van der Waals surface area (Å²) in [5, 5.41) is 4.89. The minimum absolute atomic E-state index is 0.180. The lowest BCUT2D eigenvalue weighted by atomic mass is 10.2. The number of benzene rings is 2. The van der Waals surface area contributed by atoms with Gasteiger partial charge in [-0.2, -0.15) is 0 Å². The lowest BCUT2D eigenvalue weighted by molar-refractivity contribution is -0.120. The normalized spacial score (nSPS) is 10.2. The zero-order valence-electron chi connectivity index (χ0n) is 14.2. The number of carbonyl (C=O) groups is 3. The van der Waals surface area contributed by atoms with Gasteiger partial charge in [0.15, 0.2) is 0 Å². The van der Waals surface area contributed by atoms with Crippen molar-refractivity contribution in [3.8, 4) is 0 Å². The van der Waals surface area contributed by atoms with Gasteiger partial charge in [-0.05, 0) is 36.4 Å². The second kappa shape index (κ2) is 8.19. The van der Waals surface area contributed by atoms with Crippen LogP contribution in [0.15, 0.2) is 42.5 Å². The van der Waals surface area contributed by atoms with E-state index in [1.807, 2.05) is 0 Å². The van der Waals surface area contributed by atoms with E-state index in [2.05, 4.69) is 10.6 Å². The van der Waals surface area contributed by atoms with Gasteiger partial charge in [0.2, 0.25) is 17.7 Å². The largest absolute Gasteiger partial charge is 0.326 e. The van der Waals surface area contributed by atoms with Gasteiger partial charge in [0.1, 0.15) is 18.2 Å². The molecule has 0 aliphatic carbocycles. The molecule has 0 aromatic heterocycles. The molecule has 0 unspecified atom stereocenters. The third-order valence-electron chi connectivity index (χ3n) is 3.39. The van der Waals surface area contributed by atoms with E-state index in [9.17, 15) is 23.2 Å². The van der Waals surface area contributed by atoms with Crippen molar-refractivity contribution in [2.24, 2.45) is 0 Å². The summed E-state index contributed by atoms with van der Waals surface area (Å²) < 4.78 is 26.5. The van der Waals surface area contributed by atoms with Gasteiger partial charge < -0.3 is 15.5 Å². The van der Waals surface area contributed by atoms with Crippen molar-refractivity contribution in [1.82, 2.24) is 0 Å². The SMILES string of the molecule is CC(=O)Nc1ccc(N(CC(=O)Nc2ccc(F)cc2F)C(C)=O)cc1. The second-order valence-electron chi connectivity index (χ2n) is 5.51. The maximum Gasteiger partial charge on any atom is 0.244 e. The summed E-state index contributed by atoms with van der Waals surface area (Å²) in [6.45, 7) is 2.30. The molecule has 0 bridgehead atoms. The van der Waals surface area contributed by atoms with E-state index < -0.39 is 23.4 Å². The van der Waals surface area contributed by atoms with E-state index in [-0.39, 0.29) is 18.1 Å². The van der Waals surface area contributed by atoms with Gasteiger partial charge in [0, 0.05) is 31.3 Å². The number of carbonyl (C=O) groups excluding carboxylic acids is 3. The van der Waals surface area contributed by atoms with Crippen LogP contribution in [0.25, 0.3) is 0 Å². The average Bonchev–Trinajstić information content (AvgIpc) is 2.55. The fourth-order valence-corrected chi connectivity index (χ4v) is 2.24. The number of rotatable bonds is 5. The third-order valence-corrected chi connectivity index (χ3v) is 3.39. The predicted molar refractivity (Wildman–Crippen MR) is 93.8 cm³/mol. The van der Waals surface area contributed by atoms with Gasteiger partial charge in [0.05, 0.1) is 5.69 Å². The predicted octanol–water partition coefficient (Wildman–Crippen LogP) is 2.91. The first-order valence-electron chi connectivity index (χ1n) is 7.67. The summed E-state index contributed by atoms with van der Waals surface area (Å²) in [5.74, 6) is -2.94. The van der Waals surface area contributed by atoms with Gasteiger partial charge in [-0.1, -0.05) is 0 Å². The number of hydrogen-bond donors (Lipinski definition) is 2. The van der Waals surface area contributed by atoms with E-state index >= 15 is 0 Å². The Labute approximate surface area is 148 Å². The van der Waals surface area contributed by atoms with Crippen molar-refractivity contribution in [2.45, 2.75) is 13.8 Å². The Morgan fingerprint density at radius 2 is 1.62 bits per heavy atom. The van der Waals surface area contributed by atoms with Crippen LogP contribution >= 0.6 is 0 Å². The first kappa shape index (κ1) is 19.0. The smallest absolute Gasteiger partial charge is 0.244 e. The zero-order chi connectivity index (χ0) is 19.3. The number of hydrogen-bond acceptors (Lipinski definition) is 3. The Bertz CT molecular complexity index is 838. The van der Waals surface area contributed by atoms with Gasteiger partial charge in [0.25, 0.3) is 0 Å². The molecular weight excluding hydrogens is 344 g/mol. The van der Waals surface area contributed by atoms with E-state index in [1.165, 1.54) is 18.7 Å². The molecule has 0 spiro atoms. The maximum atomic E-state index is 13.6. The molecule has 0 heterocycles. The van der Waals surface area contributed by atoms with Crippen LogP contribution in [-0.4, -0.2) is 24.3 Å². The van der Waals surface area contributed by atoms with Crippen LogP contribution in [0.5, 0.6) is 0 Å². The Hall–Kier alpha value is -3.29. The highest BCUT2D eigenvalue weighted by molar-refractivity contribution is 6.02. The van der Waals surface area contributed by atoms with Gasteiger partial charge in [-0.3, -0.25) is 14.4 Å². The Kier molecular flexibility index (Phi) is 6.00. The van der Waals surface area contributed by atoms with Crippen molar-refractivity contribution in [2.75, 3.05) is 22.1 Å². The molecule has 136 valence electrons. The summed E-state index contributed by atoms with van der Waals surface area (Å²) in [7, 11) is 0. The fourth-order valence-electron chi connectivity index (χ4n) is 2.24. The lowest BCUT2D eigenvalue weighted by Gasteiger charge is -2.21. The Morgan fingerprint density at radius 3 is 2.15 bits per heavy atom. The number of anilines is 3. The first-order valence-corrected chi connectivity index (χ1v) is 7.67. The van der Waals surface area contributed by atoms with Crippen LogP contribution in [0, 0.1) is 11.6 Å². The van der Waals surface area contributed by atoms with Gasteiger partial charge in [-0.15, -0.1) is 0 Å². The molecule has 0 saturated heterocycles. The van der Waals surface area contributed by atoms with Crippen molar-refractivity contribution >= 4 is 34.8 Å². The highest BCUT2D eigenvalue weighted by atomic mass is 19.1. The molecule has 2 N–H and O–H groups in total. The quantitative estimate of drug-likeness (QED) is 0.860. The van der Waals surface area contributed by atoms with Crippen molar-refractivity contribution in [1.29, 1.82) is 0 Å². The Morgan fingerprint density at radius 1 is 0.962 bits per heavy atom. The molecule has 8 heteroatoms. The Balaban J connectivity index is 2.11.